The van der Waals surface area contributed by atoms with E-state index in [1.807, 2.05) is 0 Å². The van der Waals surface area contributed by atoms with Crippen molar-refractivity contribution in [2.45, 2.75) is 51.9 Å². The van der Waals surface area contributed by atoms with Gasteiger partial charge in [0.05, 0.1) is 0 Å². The lowest BCUT2D eigenvalue weighted by atomic mass is 9.69. The van der Waals surface area contributed by atoms with E-state index in [-0.39, 0.29) is 0 Å². The predicted octanol–water partition coefficient (Wildman–Crippen LogP) is 4.09. The second kappa shape index (κ2) is 5.44. The van der Waals surface area contributed by atoms with E-state index in [4.69, 9.17) is 0 Å². The van der Waals surface area contributed by atoms with Crippen molar-refractivity contribution in [1.82, 2.24) is 5.32 Å². The lowest BCUT2D eigenvalue weighted by molar-refractivity contribution is 0.378. The van der Waals surface area contributed by atoms with Crippen molar-refractivity contribution in [2.24, 2.45) is 5.92 Å². The summed E-state index contributed by atoms with van der Waals surface area (Å²) in [6, 6.07) is 9.03. The first kappa shape index (κ1) is 13.6. The first-order valence-corrected chi connectivity index (χ1v) is 7.31. The van der Waals surface area contributed by atoms with Crippen LogP contribution in [0.5, 0.6) is 0 Å². The van der Waals surface area contributed by atoms with Crippen LogP contribution in [-0.4, -0.2) is 13.1 Å². The van der Waals surface area contributed by atoms with Crippen molar-refractivity contribution in [3.05, 3.63) is 35.4 Å². The molecule has 0 radical (unpaired) electrons. The zero-order valence-electron chi connectivity index (χ0n) is 12.3. The van der Waals surface area contributed by atoms with Gasteiger partial charge in [-0.2, -0.15) is 0 Å². The van der Waals surface area contributed by atoms with Gasteiger partial charge >= 0.3 is 0 Å². The molecule has 18 heavy (non-hydrogen) atoms. The molecule has 0 aromatic heterocycles. The number of benzene rings is 1. The van der Waals surface area contributed by atoms with Crippen LogP contribution in [0.15, 0.2) is 24.3 Å². The minimum atomic E-state index is 0.352. The summed E-state index contributed by atoms with van der Waals surface area (Å²) in [5.41, 5.74) is 3.49. The van der Waals surface area contributed by atoms with E-state index in [2.05, 4.69) is 57.3 Å². The fourth-order valence-corrected chi connectivity index (χ4v) is 3.05. The molecule has 0 bridgehead atoms. The van der Waals surface area contributed by atoms with E-state index < -0.39 is 0 Å². The molecular weight excluding hydrogens is 218 g/mol. The van der Waals surface area contributed by atoms with Gasteiger partial charge in [0.15, 0.2) is 0 Å². The predicted molar refractivity (Wildman–Crippen MR) is 79.2 cm³/mol. The van der Waals surface area contributed by atoms with E-state index in [9.17, 15) is 0 Å². The number of rotatable bonds is 4. The topological polar surface area (TPSA) is 12.0 Å². The Morgan fingerprint density at radius 3 is 2.72 bits per heavy atom. The van der Waals surface area contributed by atoms with Gasteiger partial charge in [-0.1, -0.05) is 52.0 Å². The Morgan fingerprint density at radius 2 is 2.00 bits per heavy atom. The molecular formula is C17H27N. The molecule has 0 fully saturated rings. The minimum Gasteiger partial charge on any atom is -0.316 e. The summed E-state index contributed by atoms with van der Waals surface area (Å²) in [5, 5.41) is 3.62. The smallest absolute Gasteiger partial charge is 0.00203 e. The monoisotopic (exact) mass is 245 g/mol. The highest BCUT2D eigenvalue weighted by atomic mass is 14.9. The summed E-state index contributed by atoms with van der Waals surface area (Å²) >= 11 is 0. The molecule has 0 spiro atoms. The second-order valence-electron chi connectivity index (χ2n) is 6.76. The van der Waals surface area contributed by atoms with Crippen LogP contribution >= 0.6 is 0 Å². The quantitative estimate of drug-likeness (QED) is 0.842. The summed E-state index contributed by atoms with van der Waals surface area (Å²) < 4.78 is 0. The molecule has 0 amide bonds. The first-order valence-electron chi connectivity index (χ1n) is 7.31. The molecule has 1 heteroatoms. The average Bonchev–Trinajstić information content (AvgIpc) is 2.32. The third kappa shape index (κ3) is 2.95. The minimum absolute atomic E-state index is 0.352. The molecule has 2 rings (SSSR count). The van der Waals surface area contributed by atoms with Gasteiger partial charge in [-0.25, -0.2) is 0 Å². The maximum atomic E-state index is 3.62. The van der Waals surface area contributed by atoms with Gasteiger partial charge < -0.3 is 5.32 Å². The number of nitrogens with one attached hydrogen (secondary N) is 1. The summed E-state index contributed by atoms with van der Waals surface area (Å²) in [4.78, 5) is 0. The van der Waals surface area contributed by atoms with Crippen LogP contribution in [0.4, 0.5) is 0 Å². The summed E-state index contributed by atoms with van der Waals surface area (Å²) in [6.45, 7) is 11.6. The van der Waals surface area contributed by atoms with Crippen molar-refractivity contribution >= 4 is 0 Å². The van der Waals surface area contributed by atoms with E-state index in [0.717, 1.165) is 19.0 Å². The Morgan fingerprint density at radius 1 is 1.28 bits per heavy atom. The van der Waals surface area contributed by atoms with Crippen LogP contribution in [0, 0.1) is 5.92 Å². The molecule has 1 unspecified atom stereocenters. The van der Waals surface area contributed by atoms with Crippen LogP contribution in [0.2, 0.25) is 0 Å². The molecule has 1 aromatic carbocycles. The highest BCUT2D eigenvalue weighted by Gasteiger charge is 2.31. The Bertz CT molecular complexity index is 392. The van der Waals surface area contributed by atoms with Crippen LogP contribution in [-0.2, 0) is 5.41 Å². The van der Waals surface area contributed by atoms with E-state index in [0.29, 0.717) is 11.3 Å². The largest absolute Gasteiger partial charge is 0.316 e. The van der Waals surface area contributed by atoms with Gasteiger partial charge in [0.2, 0.25) is 0 Å². The molecule has 0 heterocycles. The summed E-state index contributed by atoms with van der Waals surface area (Å²) in [7, 11) is 0. The second-order valence-corrected chi connectivity index (χ2v) is 6.76. The van der Waals surface area contributed by atoms with Crippen molar-refractivity contribution in [3.63, 3.8) is 0 Å². The highest BCUT2D eigenvalue weighted by Crippen LogP contribution is 2.42. The van der Waals surface area contributed by atoms with Crippen molar-refractivity contribution in [3.8, 4) is 0 Å². The van der Waals surface area contributed by atoms with E-state index >= 15 is 0 Å². The number of hydrogen-bond donors (Lipinski definition) is 1. The van der Waals surface area contributed by atoms with Crippen LogP contribution < -0.4 is 5.32 Å². The van der Waals surface area contributed by atoms with Crippen molar-refractivity contribution in [2.75, 3.05) is 13.1 Å². The fourth-order valence-electron chi connectivity index (χ4n) is 3.05. The molecule has 100 valence electrons. The first-order chi connectivity index (χ1) is 8.50. The van der Waals surface area contributed by atoms with Gasteiger partial charge in [0.25, 0.3) is 0 Å². The van der Waals surface area contributed by atoms with Gasteiger partial charge in [0.1, 0.15) is 0 Å². The fraction of sp³-hybridized carbons (Fsp3) is 0.647. The third-order valence-corrected chi connectivity index (χ3v) is 4.19. The molecule has 1 N–H and O–H groups in total. The molecule has 0 aliphatic heterocycles. The van der Waals surface area contributed by atoms with Crippen LogP contribution in [0.25, 0.3) is 0 Å². The Balaban J connectivity index is 2.11. The van der Waals surface area contributed by atoms with Gasteiger partial charge in [-0.15, -0.1) is 0 Å². The molecule has 1 aromatic rings. The Kier molecular flexibility index (Phi) is 4.11. The normalized spacial score (nSPS) is 21.9. The number of hydrogen-bond acceptors (Lipinski definition) is 1. The molecule has 1 aliphatic carbocycles. The zero-order chi connectivity index (χ0) is 13.2. The van der Waals surface area contributed by atoms with Crippen molar-refractivity contribution < 1.29 is 0 Å². The number of fused-ring (bicyclic) bond motifs is 1. The lowest BCUT2D eigenvalue weighted by Gasteiger charge is -2.37. The standard InChI is InChI=1S/C17H27N/c1-13(2)11-18-12-14-9-10-17(3,4)16-8-6-5-7-15(14)16/h5-8,13-14,18H,9-12H2,1-4H3. The van der Waals surface area contributed by atoms with Gasteiger partial charge in [-0.05, 0) is 47.8 Å². The van der Waals surface area contributed by atoms with Crippen LogP contribution in [0.3, 0.4) is 0 Å². The zero-order valence-corrected chi connectivity index (χ0v) is 12.3. The Labute approximate surface area is 112 Å². The average molecular weight is 245 g/mol. The van der Waals surface area contributed by atoms with Crippen molar-refractivity contribution in [1.29, 1.82) is 0 Å². The molecule has 1 atom stereocenters. The molecule has 0 saturated carbocycles. The Hall–Kier alpha value is -0.820. The maximum Gasteiger partial charge on any atom is 0.00203 e. The lowest BCUT2D eigenvalue weighted by Crippen LogP contribution is -2.32. The summed E-state index contributed by atoms with van der Waals surface area (Å²) in [6.07, 6.45) is 2.62. The SMILES string of the molecule is CC(C)CNCC1CCC(C)(C)c2ccccc21. The van der Waals surface area contributed by atoms with Gasteiger partial charge in [-0.3, -0.25) is 0 Å². The third-order valence-electron chi connectivity index (χ3n) is 4.19. The molecule has 1 nitrogen and oxygen atoms in total. The summed E-state index contributed by atoms with van der Waals surface area (Å²) in [5.74, 6) is 1.44. The van der Waals surface area contributed by atoms with Crippen LogP contribution in [0.1, 0.15) is 57.6 Å². The highest BCUT2D eigenvalue weighted by molar-refractivity contribution is 5.38. The molecule has 1 aliphatic rings. The maximum absolute atomic E-state index is 3.62. The molecule has 0 saturated heterocycles. The van der Waals surface area contributed by atoms with Gasteiger partial charge in [0, 0.05) is 6.54 Å². The van der Waals surface area contributed by atoms with E-state index in [1.54, 1.807) is 11.1 Å². The van der Waals surface area contributed by atoms with E-state index in [1.165, 1.54) is 12.8 Å².